The van der Waals surface area contributed by atoms with Crippen molar-refractivity contribution in [2.24, 2.45) is 0 Å². The van der Waals surface area contributed by atoms with Crippen molar-refractivity contribution in [3.8, 4) is 0 Å². The fourth-order valence-corrected chi connectivity index (χ4v) is 3.05. The van der Waals surface area contributed by atoms with Crippen LogP contribution in [0.15, 0.2) is 39.8 Å². The van der Waals surface area contributed by atoms with E-state index in [9.17, 15) is 14.7 Å². The maximum absolute atomic E-state index is 11.9. The highest BCUT2D eigenvalue weighted by molar-refractivity contribution is 9.11. The number of rotatable bonds is 5. The normalized spacial score (nSPS) is 10.4. The van der Waals surface area contributed by atoms with Crippen LogP contribution in [0.5, 0.6) is 0 Å². The Kier molecular flexibility index (Phi) is 5.13. The van der Waals surface area contributed by atoms with Gasteiger partial charge in [0.15, 0.2) is 0 Å². The minimum absolute atomic E-state index is 0.0206. The molecule has 0 radical (unpaired) electrons. The molecule has 2 aromatic rings. The smallest absolute Gasteiger partial charge is 0.337 e. The number of amides is 1. The van der Waals surface area contributed by atoms with Gasteiger partial charge >= 0.3 is 5.97 Å². The van der Waals surface area contributed by atoms with E-state index >= 15 is 0 Å². The van der Waals surface area contributed by atoms with E-state index in [4.69, 9.17) is 0 Å². The first-order valence-corrected chi connectivity index (χ1v) is 7.54. The number of hydrogen-bond donors (Lipinski definition) is 2. The molecular formula is C13H11Br2N3O3. The van der Waals surface area contributed by atoms with Crippen LogP contribution < -0.4 is 5.32 Å². The van der Waals surface area contributed by atoms with Crippen molar-refractivity contribution in [3.63, 3.8) is 0 Å². The van der Waals surface area contributed by atoms with E-state index in [0.29, 0.717) is 15.5 Å². The van der Waals surface area contributed by atoms with E-state index in [1.165, 1.54) is 6.07 Å². The monoisotopic (exact) mass is 415 g/mol. The van der Waals surface area contributed by atoms with Crippen molar-refractivity contribution in [3.05, 3.63) is 45.4 Å². The Labute approximate surface area is 137 Å². The zero-order chi connectivity index (χ0) is 15.4. The largest absolute Gasteiger partial charge is 0.478 e. The second-order valence-corrected chi connectivity index (χ2v) is 5.98. The summed E-state index contributed by atoms with van der Waals surface area (Å²) in [6, 6.07) is 3.12. The SMILES string of the molecule is O=C(CCn1ccnc1)Nc1c(Br)cc(Br)cc1C(=O)O. The first kappa shape index (κ1) is 15.7. The molecule has 110 valence electrons. The third kappa shape index (κ3) is 4.15. The van der Waals surface area contributed by atoms with Gasteiger partial charge in [-0.3, -0.25) is 4.79 Å². The van der Waals surface area contributed by atoms with Crippen molar-refractivity contribution in [2.75, 3.05) is 5.32 Å². The number of carbonyl (C=O) groups is 2. The zero-order valence-electron chi connectivity index (χ0n) is 10.7. The quantitative estimate of drug-likeness (QED) is 0.784. The van der Waals surface area contributed by atoms with Gasteiger partial charge in [0, 0.05) is 34.3 Å². The number of hydrogen-bond acceptors (Lipinski definition) is 3. The molecule has 2 N–H and O–H groups in total. The number of carbonyl (C=O) groups excluding carboxylic acids is 1. The van der Waals surface area contributed by atoms with E-state index in [-0.39, 0.29) is 23.6 Å². The predicted molar refractivity (Wildman–Crippen MR) is 84.3 cm³/mol. The lowest BCUT2D eigenvalue weighted by Gasteiger charge is -2.11. The molecule has 0 unspecified atom stereocenters. The van der Waals surface area contributed by atoms with Crippen molar-refractivity contribution in [1.82, 2.24) is 9.55 Å². The highest BCUT2D eigenvalue weighted by atomic mass is 79.9. The van der Waals surface area contributed by atoms with Gasteiger partial charge in [-0.1, -0.05) is 15.9 Å². The van der Waals surface area contributed by atoms with Crippen molar-refractivity contribution >= 4 is 49.4 Å². The summed E-state index contributed by atoms with van der Waals surface area (Å²) in [4.78, 5) is 27.1. The first-order valence-electron chi connectivity index (χ1n) is 5.95. The molecular weight excluding hydrogens is 406 g/mol. The number of nitrogens with one attached hydrogen (secondary N) is 1. The minimum atomic E-state index is -1.11. The van der Waals surface area contributed by atoms with Crippen LogP contribution in [0.4, 0.5) is 5.69 Å². The molecule has 0 aliphatic heterocycles. The number of aromatic carboxylic acids is 1. The fraction of sp³-hybridized carbons (Fsp3) is 0.154. The van der Waals surface area contributed by atoms with Gasteiger partial charge in [-0.05, 0) is 28.1 Å². The van der Waals surface area contributed by atoms with Crippen LogP contribution >= 0.6 is 31.9 Å². The number of aryl methyl sites for hydroxylation is 1. The van der Waals surface area contributed by atoms with E-state index in [2.05, 4.69) is 42.2 Å². The zero-order valence-corrected chi connectivity index (χ0v) is 13.9. The van der Waals surface area contributed by atoms with Crippen LogP contribution in [0.1, 0.15) is 16.8 Å². The summed E-state index contributed by atoms with van der Waals surface area (Å²) in [5, 5.41) is 11.8. The number of aromatic nitrogens is 2. The number of imidazole rings is 1. The molecule has 0 spiro atoms. The number of benzene rings is 1. The van der Waals surface area contributed by atoms with Gasteiger partial charge in [-0.2, -0.15) is 0 Å². The second-order valence-electron chi connectivity index (χ2n) is 4.21. The van der Waals surface area contributed by atoms with Crippen LogP contribution in [0.3, 0.4) is 0 Å². The van der Waals surface area contributed by atoms with Crippen molar-refractivity contribution in [1.29, 1.82) is 0 Å². The molecule has 21 heavy (non-hydrogen) atoms. The Morgan fingerprint density at radius 3 is 2.71 bits per heavy atom. The van der Waals surface area contributed by atoms with Gasteiger partial charge in [0.2, 0.25) is 5.91 Å². The lowest BCUT2D eigenvalue weighted by Crippen LogP contribution is -2.17. The molecule has 0 aliphatic carbocycles. The molecule has 1 aromatic carbocycles. The second kappa shape index (κ2) is 6.86. The van der Waals surface area contributed by atoms with Crippen LogP contribution in [0.2, 0.25) is 0 Å². The summed E-state index contributed by atoms with van der Waals surface area (Å²) in [6.45, 7) is 0.475. The highest BCUT2D eigenvalue weighted by Crippen LogP contribution is 2.31. The average molecular weight is 417 g/mol. The average Bonchev–Trinajstić information content (AvgIpc) is 2.92. The Hall–Kier alpha value is -1.67. The van der Waals surface area contributed by atoms with Gasteiger partial charge < -0.3 is 15.0 Å². The molecule has 0 saturated carbocycles. The molecule has 0 bridgehead atoms. The maximum Gasteiger partial charge on any atom is 0.337 e. The number of anilines is 1. The van der Waals surface area contributed by atoms with Crippen LogP contribution in [0, 0.1) is 0 Å². The lowest BCUT2D eigenvalue weighted by molar-refractivity contribution is -0.116. The summed E-state index contributed by atoms with van der Waals surface area (Å²) in [5.74, 6) is -1.38. The standard InChI is InChI=1S/C13H11Br2N3O3/c14-8-5-9(13(20)21)12(10(15)6-8)17-11(19)1-3-18-4-2-16-7-18/h2,4-7H,1,3H2,(H,17,19)(H,20,21). The van der Waals surface area contributed by atoms with E-state index in [1.54, 1.807) is 29.4 Å². The molecule has 6 nitrogen and oxygen atoms in total. The third-order valence-corrected chi connectivity index (χ3v) is 3.79. The van der Waals surface area contributed by atoms with Crippen molar-refractivity contribution < 1.29 is 14.7 Å². The Morgan fingerprint density at radius 1 is 1.33 bits per heavy atom. The van der Waals surface area contributed by atoms with Gasteiger partial charge in [0.05, 0.1) is 17.6 Å². The summed E-state index contributed by atoms with van der Waals surface area (Å²) in [5.41, 5.74) is 0.272. The molecule has 0 aliphatic rings. The number of halogens is 2. The minimum Gasteiger partial charge on any atom is -0.478 e. The van der Waals surface area contributed by atoms with Crippen LogP contribution in [0.25, 0.3) is 0 Å². The molecule has 1 heterocycles. The van der Waals surface area contributed by atoms with Gasteiger partial charge in [0.25, 0.3) is 0 Å². The van der Waals surface area contributed by atoms with Crippen molar-refractivity contribution in [2.45, 2.75) is 13.0 Å². The summed E-state index contributed by atoms with van der Waals surface area (Å²) in [7, 11) is 0. The molecule has 0 saturated heterocycles. The Morgan fingerprint density at radius 2 is 2.10 bits per heavy atom. The molecule has 8 heteroatoms. The fourth-order valence-electron chi connectivity index (χ4n) is 1.72. The van der Waals surface area contributed by atoms with E-state index < -0.39 is 5.97 Å². The number of nitrogens with zero attached hydrogens (tertiary/aromatic N) is 2. The Balaban J connectivity index is 2.11. The molecule has 2 rings (SSSR count). The lowest BCUT2D eigenvalue weighted by atomic mass is 10.1. The molecule has 1 amide bonds. The van der Waals surface area contributed by atoms with Gasteiger partial charge in [0.1, 0.15) is 0 Å². The number of carboxylic acid groups (broad SMARTS) is 1. The van der Waals surface area contributed by atoms with E-state index in [0.717, 1.165) is 0 Å². The van der Waals surface area contributed by atoms with Crippen LogP contribution in [-0.4, -0.2) is 26.5 Å². The summed E-state index contributed by atoms with van der Waals surface area (Å²) >= 11 is 6.48. The molecule has 0 atom stereocenters. The van der Waals surface area contributed by atoms with E-state index in [1.807, 2.05) is 0 Å². The predicted octanol–water partition coefficient (Wildman–Crippen LogP) is 3.14. The van der Waals surface area contributed by atoms with Gasteiger partial charge in [-0.15, -0.1) is 0 Å². The highest BCUT2D eigenvalue weighted by Gasteiger charge is 2.16. The third-order valence-electron chi connectivity index (χ3n) is 2.71. The van der Waals surface area contributed by atoms with Crippen LogP contribution in [-0.2, 0) is 11.3 Å². The summed E-state index contributed by atoms with van der Waals surface area (Å²) in [6.07, 6.45) is 5.22. The van der Waals surface area contributed by atoms with Gasteiger partial charge in [-0.25, -0.2) is 9.78 Å². The first-order chi connectivity index (χ1) is 9.97. The Bertz CT molecular complexity index is 672. The summed E-state index contributed by atoms with van der Waals surface area (Å²) < 4.78 is 2.89. The number of carboxylic acids is 1. The molecule has 0 fully saturated rings. The molecule has 1 aromatic heterocycles. The topological polar surface area (TPSA) is 84.2 Å². The maximum atomic E-state index is 11.9.